The third kappa shape index (κ3) is 1.79. The molecule has 0 radical (unpaired) electrons. The lowest BCUT2D eigenvalue weighted by atomic mass is 10.2. The predicted octanol–water partition coefficient (Wildman–Crippen LogP) is 3.51. The lowest BCUT2D eigenvalue weighted by Crippen LogP contribution is -1.91. The molecule has 1 aromatic rings. The van der Waals surface area contributed by atoms with E-state index in [4.69, 9.17) is 28.9 Å². The first-order valence-electron chi connectivity index (χ1n) is 3.05. The monoisotopic (exact) mass is 211 g/mol. The van der Waals surface area contributed by atoms with Gasteiger partial charge in [-0.25, -0.2) is 8.78 Å². The molecule has 1 aromatic carbocycles. The number of nitrogen functional groups attached to an aromatic ring is 1. The molecule has 0 saturated carbocycles. The normalized spacial score (nSPS) is 10.8. The summed E-state index contributed by atoms with van der Waals surface area (Å²) in [5, 5.41) is 0.0293. The summed E-state index contributed by atoms with van der Waals surface area (Å²) >= 11 is 11.0. The van der Waals surface area contributed by atoms with E-state index in [9.17, 15) is 8.78 Å². The van der Waals surface area contributed by atoms with Crippen molar-refractivity contribution in [1.82, 2.24) is 0 Å². The van der Waals surface area contributed by atoms with Gasteiger partial charge >= 0.3 is 0 Å². The maximum Gasteiger partial charge on any atom is 0.265 e. The van der Waals surface area contributed by atoms with Crippen molar-refractivity contribution in [1.29, 1.82) is 0 Å². The Hall–Kier alpha value is -0.540. The average molecular weight is 212 g/mol. The third-order valence-electron chi connectivity index (χ3n) is 1.35. The molecule has 0 aromatic heterocycles. The molecular formula is C7H5Cl2F2N. The van der Waals surface area contributed by atoms with Crippen LogP contribution in [0.5, 0.6) is 0 Å². The lowest BCUT2D eigenvalue weighted by molar-refractivity contribution is 0.151. The molecule has 0 aliphatic heterocycles. The highest BCUT2D eigenvalue weighted by Gasteiger charge is 2.13. The van der Waals surface area contributed by atoms with Gasteiger partial charge in [-0.05, 0) is 12.1 Å². The first kappa shape index (κ1) is 9.55. The Morgan fingerprint density at radius 2 is 1.75 bits per heavy atom. The highest BCUT2D eigenvalue weighted by atomic mass is 35.5. The standard InChI is InChI=1S/C7H5Cl2F2N/c8-4-2-6(12)5(9)1-3(4)7(10)11/h1-2,7H,12H2. The number of halogens is 4. The summed E-state index contributed by atoms with van der Waals surface area (Å²) in [4.78, 5) is 0. The summed E-state index contributed by atoms with van der Waals surface area (Å²) in [6, 6.07) is 2.29. The number of nitrogens with two attached hydrogens (primary N) is 1. The smallest absolute Gasteiger partial charge is 0.265 e. The Kier molecular flexibility index (Phi) is 2.75. The Morgan fingerprint density at radius 3 is 2.25 bits per heavy atom. The molecule has 0 atom stereocenters. The van der Waals surface area contributed by atoms with E-state index >= 15 is 0 Å². The van der Waals surface area contributed by atoms with E-state index in [0.717, 1.165) is 6.07 Å². The summed E-state index contributed by atoms with van der Waals surface area (Å²) in [5.74, 6) is 0. The van der Waals surface area contributed by atoms with E-state index < -0.39 is 6.43 Å². The van der Waals surface area contributed by atoms with Crippen LogP contribution in [-0.2, 0) is 0 Å². The number of anilines is 1. The van der Waals surface area contributed by atoms with Gasteiger partial charge in [-0.2, -0.15) is 0 Å². The van der Waals surface area contributed by atoms with Gasteiger partial charge in [0.2, 0.25) is 0 Å². The minimum atomic E-state index is -2.63. The molecular weight excluding hydrogens is 207 g/mol. The minimum Gasteiger partial charge on any atom is -0.397 e. The maximum atomic E-state index is 12.2. The highest BCUT2D eigenvalue weighted by molar-refractivity contribution is 6.35. The molecule has 5 heteroatoms. The van der Waals surface area contributed by atoms with Gasteiger partial charge in [0.15, 0.2) is 0 Å². The van der Waals surface area contributed by atoms with Gasteiger partial charge in [0.05, 0.1) is 15.7 Å². The molecule has 0 spiro atoms. The Bertz CT molecular complexity index is 302. The van der Waals surface area contributed by atoms with Crippen LogP contribution in [0.25, 0.3) is 0 Å². The summed E-state index contributed by atoms with van der Waals surface area (Å²) in [6.45, 7) is 0. The molecule has 2 N–H and O–H groups in total. The first-order valence-corrected chi connectivity index (χ1v) is 3.80. The van der Waals surface area contributed by atoms with Crippen molar-refractivity contribution < 1.29 is 8.78 Å². The molecule has 12 heavy (non-hydrogen) atoms. The Balaban J connectivity index is 3.23. The molecule has 0 unspecified atom stereocenters. The summed E-state index contributed by atoms with van der Waals surface area (Å²) in [6.07, 6.45) is -2.63. The van der Waals surface area contributed by atoms with E-state index in [-0.39, 0.29) is 21.3 Å². The van der Waals surface area contributed by atoms with Crippen LogP contribution in [0.3, 0.4) is 0 Å². The van der Waals surface area contributed by atoms with Gasteiger partial charge in [0.1, 0.15) is 0 Å². The molecule has 1 nitrogen and oxygen atoms in total. The van der Waals surface area contributed by atoms with Crippen molar-refractivity contribution in [3.05, 3.63) is 27.7 Å². The number of hydrogen-bond donors (Lipinski definition) is 1. The van der Waals surface area contributed by atoms with E-state index in [0.29, 0.717) is 0 Å². The zero-order valence-electron chi connectivity index (χ0n) is 5.82. The molecule has 0 amide bonds. The summed E-state index contributed by atoms with van der Waals surface area (Å²) in [5.41, 5.74) is 5.23. The fraction of sp³-hybridized carbons (Fsp3) is 0.143. The van der Waals surface area contributed by atoms with Crippen molar-refractivity contribution >= 4 is 28.9 Å². The first-order chi connectivity index (χ1) is 5.52. The fourth-order valence-electron chi connectivity index (χ4n) is 0.745. The molecule has 0 aliphatic rings. The topological polar surface area (TPSA) is 26.0 Å². The molecule has 1 rings (SSSR count). The quantitative estimate of drug-likeness (QED) is 0.708. The molecule has 0 fully saturated rings. The molecule has 0 aliphatic carbocycles. The van der Waals surface area contributed by atoms with E-state index in [1.165, 1.54) is 6.07 Å². The fourth-order valence-corrected chi connectivity index (χ4v) is 1.17. The molecule has 0 bridgehead atoms. The minimum absolute atomic E-state index is 0.0631. The van der Waals surface area contributed by atoms with Crippen LogP contribution in [0.15, 0.2) is 12.1 Å². The number of rotatable bonds is 1. The SMILES string of the molecule is Nc1cc(Cl)c(C(F)F)cc1Cl. The zero-order valence-corrected chi connectivity index (χ0v) is 7.33. The maximum absolute atomic E-state index is 12.2. The average Bonchev–Trinajstić information content (AvgIpc) is 1.96. The van der Waals surface area contributed by atoms with Gasteiger partial charge in [-0.15, -0.1) is 0 Å². The van der Waals surface area contributed by atoms with E-state index in [2.05, 4.69) is 0 Å². The van der Waals surface area contributed by atoms with Crippen molar-refractivity contribution in [2.45, 2.75) is 6.43 Å². The van der Waals surface area contributed by atoms with E-state index in [1.54, 1.807) is 0 Å². The predicted molar refractivity (Wildman–Crippen MR) is 45.8 cm³/mol. The van der Waals surface area contributed by atoms with Crippen molar-refractivity contribution in [2.75, 3.05) is 5.73 Å². The highest BCUT2D eigenvalue weighted by Crippen LogP contribution is 2.32. The van der Waals surface area contributed by atoms with Crippen LogP contribution in [0.1, 0.15) is 12.0 Å². The van der Waals surface area contributed by atoms with Crippen molar-refractivity contribution in [3.8, 4) is 0 Å². The molecule has 0 saturated heterocycles. The van der Waals surface area contributed by atoms with Crippen LogP contribution in [-0.4, -0.2) is 0 Å². The van der Waals surface area contributed by atoms with Crippen LogP contribution < -0.4 is 5.73 Å². The second-order valence-electron chi connectivity index (χ2n) is 2.20. The van der Waals surface area contributed by atoms with E-state index in [1.807, 2.05) is 0 Å². The van der Waals surface area contributed by atoms with Gasteiger partial charge in [-0.1, -0.05) is 23.2 Å². The number of benzene rings is 1. The molecule has 0 heterocycles. The van der Waals surface area contributed by atoms with Crippen molar-refractivity contribution in [2.24, 2.45) is 0 Å². The second kappa shape index (κ2) is 3.46. The van der Waals surface area contributed by atoms with Crippen LogP contribution in [0.4, 0.5) is 14.5 Å². The summed E-state index contributed by atoms with van der Waals surface area (Å²) < 4.78 is 24.3. The Labute approximate surface area is 78.1 Å². The van der Waals surface area contributed by atoms with Crippen LogP contribution in [0.2, 0.25) is 10.0 Å². The number of hydrogen-bond acceptors (Lipinski definition) is 1. The van der Waals surface area contributed by atoms with Gasteiger partial charge in [0, 0.05) is 5.56 Å². The van der Waals surface area contributed by atoms with Gasteiger partial charge in [-0.3, -0.25) is 0 Å². The Morgan fingerprint density at radius 1 is 1.17 bits per heavy atom. The largest absolute Gasteiger partial charge is 0.397 e. The van der Waals surface area contributed by atoms with Gasteiger partial charge < -0.3 is 5.73 Å². The molecule has 66 valence electrons. The zero-order chi connectivity index (χ0) is 9.30. The van der Waals surface area contributed by atoms with Crippen LogP contribution in [0, 0.1) is 0 Å². The summed E-state index contributed by atoms with van der Waals surface area (Å²) in [7, 11) is 0. The van der Waals surface area contributed by atoms with Gasteiger partial charge in [0.25, 0.3) is 6.43 Å². The number of alkyl halides is 2. The van der Waals surface area contributed by atoms with Crippen LogP contribution >= 0.6 is 23.2 Å². The van der Waals surface area contributed by atoms with Crippen molar-refractivity contribution in [3.63, 3.8) is 0 Å². The lowest BCUT2D eigenvalue weighted by Gasteiger charge is -2.05. The third-order valence-corrected chi connectivity index (χ3v) is 2.01. The second-order valence-corrected chi connectivity index (χ2v) is 3.01.